The van der Waals surface area contributed by atoms with Gasteiger partial charge in [-0.2, -0.15) is 0 Å². The van der Waals surface area contributed by atoms with Crippen molar-refractivity contribution in [3.8, 4) is 0 Å². The van der Waals surface area contributed by atoms with Gasteiger partial charge in [0.2, 0.25) is 0 Å². The maximum atomic E-state index is 13.5. The number of hydrogen-bond donors (Lipinski definition) is 0. The predicted molar refractivity (Wildman–Crippen MR) is 133 cm³/mol. The van der Waals surface area contributed by atoms with E-state index in [9.17, 15) is 9.59 Å². The zero-order valence-electron chi connectivity index (χ0n) is 20.0. The smallest absolute Gasteiger partial charge is 0.420 e. The summed E-state index contributed by atoms with van der Waals surface area (Å²) in [4.78, 5) is 34.9. The lowest BCUT2D eigenvalue weighted by Gasteiger charge is -2.38. The molecule has 3 aromatic rings. The molecule has 2 aromatic carbocycles. The summed E-state index contributed by atoms with van der Waals surface area (Å²) in [5.41, 5.74) is 1.49. The molecule has 1 aliphatic rings. The van der Waals surface area contributed by atoms with Gasteiger partial charge in [0.25, 0.3) is 5.91 Å². The predicted octanol–water partition coefficient (Wildman–Crippen LogP) is 6.52. The molecule has 2 heterocycles. The van der Waals surface area contributed by atoms with E-state index in [-0.39, 0.29) is 11.9 Å². The van der Waals surface area contributed by atoms with Crippen molar-refractivity contribution < 1.29 is 14.3 Å². The van der Waals surface area contributed by atoms with Crippen molar-refractivity contribution in [2.45, 2.75) is 51.7 Å². The van der Waals surface area contributed by atoms with E-state index < -0.39 is 11.7 Å². The fraction of sp³-hybridized carbons (Fsp3) is 0.321. The van der Waals surface area contributed by atoms with Crippen molar-refractivity contribution in [3.63, 3.8) is 0 Å². The number of aromatic nitrogens is 1. The number of benzene rings is 2. The Labute approximate surface area is 201 Å². The van der Waals surface area contributed by atoms with Gasteiger partial charge in [0, 0.05) is 23.9 Å². The number of rotatable bonds is 4. The highest BCUT2D eigenvalue weighted by Gasteiger charge is 2.34. The Morgan fingerprint density at radius 2 is 1.62 bits per heavy atom. The molecule has 4 rings (SSSR count). The fourth-order valence-corrected chi connectivity index (χ4v) is 4.30. The first-order chi connectivity index (χ1) is 16.3. The number of carbonyl (C=O) groups is 2. The van der Waals surface area contributed by atoms with E-state index >= 15 is 0 Å². The zero-order chi connectivity index (χ0) is 24.1. The summed E-state index contributed by atoms with van der Waals surface area (Å²) < 4.78 is 5.76. The first kappa shape index (κ1) is 23.5. The third-order valence-electron chi connectivity index (χ3n) is 5.76. The monoisotopic (exact) mass is 457 g/mol. The van der Waals surface area contributed by atoms with Crippen LogP contribution < -0.4 is 4.90 Å². The summed E-state index contributed by atoms with van der Waals surface area (Å²) in [5.74, 6) is 0.476. The van der Waals surface area contributed by atoms with E-state index in [1.807, 2.05) is 98.5 Å². The number of para-hydroxylation sites is 1. The van der Waals surface area contributed by atoms with Crippen LogP contribution in [0.3, 0.4) is 0 Å². The second-order valence-electron chi connectivity index (χ2n) is 9.44. The fourth-order valence-electron chi connectivity index (χ4n) is 4.30. The van der Waals surface area contributed by atoms with E-state index in [1.54, 1.807) is 6.20 Å². The van der Waals surface area contributed by atoms with Gasteiger partial charge in [-0.25, -0.2) is 14.7 Å². The average molecular weight is 458 g/mol. The molecule has 1 aromatic heterocycles. The van der Waals surface area contributed by atoms with Gasteiger partial charge in [-0.1, -0.05) is 42.5 Å². The highest BCUT2D eigenvalue weighted by Crippen LogP contribution is 2.39. The molecule has 1 aliphatic heterocycles. The first-order valence-corrected chi connectivity index (χ1v) is 11.7. The third-order valence-corrected chi connectivity index (χ3v) is 5.76. The minimum absolute atomic E-state index is 0.0105. The number of likely N-dealkylation sites (tertiary alicyclic amines) is 1. The Kier molecular flexibility index (Phi) is 6.96. The van der Waals surface area contributed by atoms with Crippen LogP contribution in [0.25, 0.3) is 0 Å². The Morgan fingerprint density at radius 1 is 0.941 bits per heavy atom. The Balaban J connectivity index is 1.77. The Bertz CT molecular complexity index is 1130. The molecule has 0 spiro atoms. The molecule has 0 N–H and O–H groups in total. The number of anilines is 2. The van der Waals surface area contributed by atoms with Gasteiger partial charge >= 0.3 is 6.09 Å². The lowest BCUT2D eigenvalue weighted by Crippen LogP contribution is -2.40. The van der Waals surface area contributed by atoms with Crippen LogP contribution in [0.15, 0.2) is 79.0 Å². The maximum Gasteiger partial charge on any atom is 0.420 e. The number of amides is 2. The van der Waals surface area contributed by atoms with Crippen LogP contribution in [-0.4, -0.2) is 34.0 Å². The maximum absolute atomic E-state index is 13.5. The van der Waals surface area contributed by atoms with E-state index in [1.165, 1.54) is 4.90 Å². The summed E-state index contributed by atoms with van der Waals surface area (Å²) in [5, 5.41) is 0. The number of nitrogens with zero attached hydrogens (tertiary/aromatic N) is 3. The molecule has 0 unspecified atom stereocenters. The minimum atomic E-state index is -0.667. The van der Waals surface area contributed by atoms with Crippen molar-refractivity contribution >= 4 is 23.5 Å². The van der Waals surface area contributed by atoms with Crippen LogP contribution in [0.1, 0.15) is 62.0 Å². The standard InChI is InChI=1S/C28H31N3O3/c1-28(2,3)34-27(33)31(22-15-8-5-9-16-22)25-23(17-12-19-29-25)24-18-10-11-20-30(24)26(32)21-13-6-4-7-14-21/h4-9,12-17,19,24H,10-11,18,20H2,1-3H3/t24-/m1/s1. The van der Waals surface area contributed by atoms with Gasteiger partial charge in [-0.05, 0) is 70.4 Å². The Hall–Kier alpha value is -3.67. The highest BCUT2D eigenvalue weighted by molar-refractivity contribution is 5.97. The summed E-state index contributed by atoms with van der Waals surface area (Å²) in [6.45, 7) is 6.18. The number of hydrogen-bond acceptors (Lipinski definition) is 4. The third kappa shape index (κ3) is 5.28. The van der Waals surface area contributed by atoms with Crippen molar-refractivity contribution in [2.24, 2.45) is 0 Å². The molecule has 0 saturated carbocycles. The van der Waals surface area contributed by atoms with Crippen LogP contribution in [0, 0.1) is 0 Å². The van der Waals surface area contributed by atoms with Gasteiger partial charge in [0.1, 0.15) is 11.4 Å². The van der Waals surface area contributed by atoms with Gasteiger partial charge in [-0.3, -0.25) is 4.79 Å². The largest absolute Gasteiger partial charge is 0.443 e. The van der Waals surface area contributed by atoms with Crippen LogP contribution in [0.2, 0.25) is 0 Å². The second-order valence-corrected chi connectivity index (χ2v) is 9.44. The van der Waals surface area contributed by atoms with Crippen molar-refractivity contribution in [1.29, 1.82) is 0 Å². The van der Waals surface area contributed by atoms with Crippen LogP contribution >= 0.6 is 0 Å². The van der Waals surface area contributed by atoms with Crippen LogP contribution in [-0.2, 0) is 4.74 Å². The molecule has 2 amide bonds. The van der Waals surface area contributed by atoms with Gasteiger partial charge in [0.15, 0.2) is 0 Å². The van der Waals surface area contributed by atoms with Crippen molar-refractivity contribution in [3.05, 3.63) is 90.1 Å². The molecule has 1 fully saturated rings. The van der Waals surface area contributed by atoms with Crippen molar-refractivity contribution in [2.75, 3.05) is 11.4 Å². The van der Waals surface area contributed by atoms with Gasteiger partial charge in [0.05, 0.1) is 11.7 Å². The van der Waals surface area contributed by atoms with E-state index in [0.717, 1.165) is 24.8 Å². The van der Waals surface area contributed by atoms with E-state index in [0.29, 0.717) is 23.6 Å². The number of carbonyl (C=O) groups excluding carboxylic acids is 2. The lowest BCUT2D eigenvalue weighted by molar-refractivity contribution is 0.0596. The molecular formula is C28H31N3O3. The van der Waals surface area contributed by atoms with Crippen LogP contribution in [0.4, 0.5) is 16.3 Å². The molecule has 0 bridgehead atoms. The molecule has 1 atom stereocenters. The molecule has 34 heavy (non-hydrogen) atoms. The quantitative estimate of drug-likeness (QED) is 0.447. The number of piperidine rings is 1. The summed E-state index contributed by atoms with van der Waals surface area (Å²) in [6, 6.07) is 22.3. The highest BCUT2D eigenvalue weighted by atomic mass is 16.6. The Morgan fingerprint density at radius 3 is 2.29 bits per heavy atom. The molecular weight excluding hydrogens is 426 g/mol. The zero-order valence-corrected chi connectivity index (χ0v) is 20.0. The molecule has 6 heteroatoms. The number of ether oxygens (including phenoxy) is 1. The van der Waals surface area contributed by atoms with E-state index in [2.05, 4.69) is 4.98 Å². The van der Waals surface area contributed by atoms with Crippen molar-refractivity contribution in [1.82, 2.24) is 9.88 Å². The molecule has 0 radical (unpaired) electrons. The molecule has 176 valence electrons. The second kappa shape index (κ2) is 10.1. The lowest BCUT2D eigenvalue weighted by atomic mass is 9.94. The average Bonchev–Trinajstić information content (AvgIpc) is 2.84. The molecule has 1 saturated heterocycles. The summed E-state index contributed by atoms with van der Waals surface area (Å²) in [7, 11) is 0. The number of pyridine rings is 1. The summed E-state index contributed by atoms with van der Waals surface area (Å²) >= 11 is 0. The van der Waals surface area contributed by atoms with Gasteiger partial charge < -0.3 is 9.64 Å². The van der Waals surface area contributed by atoms with E-state index in [4.69, 9.17) is 4.74 Å². The molecule has 6 nitrogen and oxygen atoms in total. The molecule has 0 aliphatic carbocycles. The normalized spacial score (nSPS) is 16.1. The first-order valence-electron chi connectivity index (χ1n) is 11.7. The summed E-state index contributed by atoms with van der Waals surface area (Å²) in [6.07, 6.45) is 3.91. The topological polar surface area (TPSA) is 62.7 Å². The van der Waals surface area contributed by atoms with Gasteiger partial charge in [-0.15, -0.1) is 0 Å². The minimum Gasteiger partial charge on any atom is -0.443 e. The SMILES string of the molecule is CC(C)(C)OC(=O)N(c1ccccc1)c1ncccc1[C@H]1CCCCN1C(=O)c1ccccc1. The van der Waals surface area contributed by atoms with Crippen LogP contribution in [0.5, 0.6) is 0 Å².